The molecule has 3 heterocycles. The second-order valence-corrected chi connectivity index (χ2v) is 6.27. The van der Waals surface area contributed by atoms with Crippen LogP contribution in [0.3, 0.4) is 0 Å². The Kier molecular flexibility index (Phi) is 3.14. The van der Waals surface area contributed by atoms with Gasteiger partial charge in [0.05, 0.1) is 12.4 Å². The minimum Gasteiger partial charge on any atom is -0.269 e. The quantitative estimate of drug-likeness (QED) is 0.576. The molecule has 0 unspecified atom stereocenters. The normalized spacial score (nSPS) is 11.5. The second-order valence-electron chi connectivity index (χ2n) is 6.27. The molecule has 4 rings (SSSR count). The standard InChI is InChI=1S/C19H17N5/c1-12(2)14-10-18(23-9-8-21-13(23)3)24-17-7-5-4-6-16(17)22-19(24)15(14)11-20/h4-10,12H,1-3H3/p+1. The van der Waals surface area contributed by atoms with E-state index in [2.05, 4.69) is 51.0 Å². The third kappa shape index (κ3) is 1.93. The number of pyridine rings is 1. The van der Waals surface area contributed by atoms with Crippen LogP contribution in [0.2, 0.25) is 0 Å². The molecule has 0 saturated heterocycles. The molecule has 0 amide bonds. The average Bonchev–Trinajstić information content (AvgIpc) is 3.16. The van der Waals surface area contributed by atoms with Gasteiger partial charge >= 0.3 is 0 Å². The van der Waals surface area contributed by atoms with E-state index in [0.717, 1.165) is 33.9 Å². The van der Waals surface area contributed by atoms with Gasteiger partial charge in [-0.2, -0.15) is 9.66 Å². The molecule has 0 aliphatic carbocycles. The molecule has 0 saturated carbocycles. The van der Waals surface area contributed by atoms with Gasteiger partial charge in [0.15, 0.2) is 5.82 Å². The molecule has 3 aromatic heterocycles. The number of aryl methyl sites for hydroxylation is 1. The van der Waals surface area contributed by atoms with Gasteiger partial charge in [0.25, 0.3) is 0 Å². The molecule has 5 heteroatoms. The number of nitriles is 1. The fourth-order valence-electron chi connectivity index (χ4n) is 3.27. The summed E-state index contributed by atoms with van der Waals surface area (Å²) in [5, 5.41) is 9.76. The average molecular weight is 316 g/mol. The molecule has 0 atom stereocenters. The highest BCUT2D eigenvalue weighted by Gasteiger charge is 2.24. The Morgan fingerprint density at radius 3 is 2.75 bits per heavy atom. The maximum atomic E-state index is 9.76. The highest BCUT2D eigenvalue weighted by Crippen LogP contribution is 2.25. The molecule has 1 aromatic carbocycles. The van der Waals surface area contributed by atoms with Crippen molar-refractivity contribution in [2.45, 2.75) is 26.7 Å². The summed E-state index contributed by atoms with van der Waals surface area (Å²) in [6, 6.07) is 12.6. The van der Waals surface area contributed by atoms with Crippen molar-refractivity contribution in [1.82, 2.24) is 14.5 Å². The number of imidazole rings is 2. The lowest BCUT2D eigenvalue weighted by atomic mass is 9.99. The molecule has 1 N–H and O–H groups in total. The highest BCUT2D eigenvalue weighted by molar-refractivity contribution is 5.76. The maximum absolute atomic E-state index is 9.76. The monoisotopic (exact) mass is 316 g/mol. The van der Waals surface area contributed by atoms with Crippen LogP contribution in [-0.2, 0) is 0 Å². The first-order valence-electron chi connectivity index (χ1n) is 8.01. The fourth-order valence-corrected chi connectivity index (χ4v) is 3.27. The van der Waals surface area contributed by atoms with Crippen molar-refractivity contribution >= 4 is 16.7 Å². The molecule has 118 valence electrons. The molecule has 0 aliphatic heterocycles. The largest absolute Gasteiger partial charge is 0.269 e. The maximum Gasteiger partial charge on any atom is 0.250 e. The second kappa shape index (κ2) is 5.20. The van der Waals surface area contributed by atoms with Crippen LogP contribution >= 0.6 is 0 Å². The summed E-state index contributed by atoms with van der Waals surface area (Å²) in [5.41, 5.74) is 4.61. The number of rotatable bonds is 2. The van der Waals surface area contributed by atoms with Crippen molar-refractivity contribution in [3.05, 3.63) is 59.7 Å². The van der Waals surface area contributed by atoms with Gasteiger partial charge in [-0.05, 0) is 23.6 Å². The van der Waals surface area contributed by atoms with E-state index >= 15 is 0 Å². The number of hydrogen-bond acceptors (Lipinski definition) is 2. The zero-order valence-electron chi connectivity index (χ0n) is 13.9. The predicted octanol–water partition coefficient (Wildman–Crippen LogP) is 3.40. The first-order chi connectivity index (χ1) is 11.6. The van der Waals surface area contributed by atoms with Crippen molar-refractivity contribution in [1.29, 1.82) is 5.26 Å². The minimum absolute atomic E-state index is 0.249. The number of aromatic amines is 1. The topological polar surface area (TPSA) is 61.5 Å². The van der Waals surface area contributed by atoms with Crippen LogP contribution < -0.4 is 4.40 Å². The molecular weight excluding hydrogens is 298 g/mol. The molecule has 4 aromatic rings. The summed E-state index contributed by atoms with van der Waals surface area (Å²) < 4.78 is 4.16. The number of hydrogen-bond donors (Lipinski definition) is 1. The molecule has 24 heavy (non-hydrogen) atoms. The van der Waals surface area contributed by atoms with Gasteiger partial charge in [-0.3, -0.25) is 4.98 Å². The molecule has 0 bridgehead atoms. The van der Waals surface area contributed by atoms with Crippen LogP contribution in [0.4, 0.5) is 0 Å². The lowest BCUT2D eigenvalue weighted by molar-refractivity contribution is -0.475. The van der Waals surface area contributed by atoms with Crippen molar-refractivity contribution in [2.24, 2.45) is 0 Å². The van der Waals surface area contributed by atoms with Crippen LogP contribution in [0, 0.1) is 18.3 Å². The number of nitrogens with one attached hydrogen (secondary N) is 1. The van der Waals surface area contributed by atoms with Crippen LogP contribution in [0.5, 0.6) is 0 Å². The van der Waals surface area contributed by atoms with Gasteiger partial charge < -0.3 is 0 Å². The smallest absolute Gasteiger partial charge is 0.250 e. The SMILES string of the molecule is Cc1nccn1-c1cc(C(C)C)c(C#N)c2[nH]c3ccccc3[n+]12. The Balaban J connectivity index is 2.26. The number of benzene rings is 1. The zero-order valence-corrected chi connectivity index (χ0v) is 13.9. The number of H-pyrrole nitrogens is 1. The lowest BCUT2D eigenvalue weighted by Crippen LogP contribution is -2.29. The number of fused-ring (bicyclic) bond motifs is 3. The summed E-state index contributed by atoms with van der Waals surface area (Å²) in [4.78, 5) is 7.78. The van der Waals surface area contributed by atoms with E-state index in [1.54, 1.807) is 6.20 Å². The Hall–Kier alpha value is -3.13. The van der Waals surface area contributed by atoms with E-state index < -0.39 is 0 Å². The van der Waals surface area contributed by atoms with Crippen molar-refractivity contribution in [2.75, 3.05) is 0 Å². The van der Waals surface area contributed by atoms with Gasteiger partial charge in [-0.15, -0.1) is 0 Å². The Morgan fingerprint density at radius 2 is 2.08 bits per heavy atom. The van der Waals surface area contributed by atoms with Crippen LogP contribution in [0.15, 0.2) is 42.7 Å². The lowest BCUT2D eigenvalue weighted by Gasteiger charge is -2.11. The number of aromatic nitrogens is 4. The van der Waals surface area contributed by atoms with Gasteiger partial charge in [0.2, 0.25) is 11.5 Å². The van der Waals surface area contributed by atoms with E-state index in [0.29, 0.717) is 5.56 Å². The Bertz CT molecular complexity index is 1110. The van der Waals surface area contributed by atoms with E-state index in [4.69, 9.17) is 0 Å². The van der Waals surface area contributed by atoms with E-state index in [-0.39, 0.29) is 5.92 Å². The van der Waals surface area contributed by atoms with Crippen LogP contribution in [0.1, 0.15) is 36.7 Å². The summed E-state index contributed by atoms with van der Waals surface area (Å²) in [5.74, 6) is 2.15. The Labute approximate surface area is 139 Å². The highest BCUT2D eigenvalue weighted by atomic mass is 15.2. The van der Waals surface area contributed by atoms with Gasteiger partial charge in [0.1, 0.15) is 22.7 Å². The number of para-hydroxylation sites is 2. The molecule has 5 nitrogen and oxygen atoms in total. The van der Waals surface area contributed by atoms with E-state index in [9.17, 15) is 5.26 Å². The van der Waals surface area contributed by atoms with Gasteiger partial charge in [0, 0.05) is 13.0 Å². The van der Waals surface area contributed by atoms with Gasteiger partial charge in [-0.25, -0.2) is 9.55 Å². The summed E-state index contributed by atoms with van der Waals surface area (Å²) in [7, 11) is 0. The fraction of sp³-hybridized carbons (Fsp3) is 0.211. The van der Waals surface area contributed by atoms with Crippen molar-refractivity contribution in [3.63, 3.8) is 0 Å². The molecule has 0 fully saturated rings. The first-order valence-corrected chi connectivity index (χ1v) is 8.01. The minimum atomic E-state index is 0.249. The van der Waals surface area contributed by atoms with Crippen molar-refractivity contribution < 1.29 is 4.40 Å². The third-order valence-corrected chi connectivity index (χ3v) is 4.47. The van der Waals surface area contributed by atoms with Crippen molar-refractivity contribution in [3.8, 4) is 11.9 Å². The van der Waals surface area contributed by atoms with Crippen LogP contribution in [-0.4, -0.2) is 14.5 Å². The van der Waals surface area contributed by atoms with Crippen LogP contribution in [0.25, 0.3) is 22.5 Å². The Morgan fingerprint density at radius 1 is 1.29 bits per heavy atom. The predicted molar refractivity (Wildman–Crippen MR) is 92.1 cm³/mol. The molecular formula is C19H18N5+. The molecule has 0 radical (unpaired) electrons. The first kappa shape index (κ1) is 14.5. The van der Waals surface area contributed by atoms with Gasteiger partial charge in [-0.1, -0.05) is 26.0 Å². The molecule has 0 aliphatic rings. The zero-order chi connectivity index (χ0) is 16.8. The third-order valence-electron chi connectivity index (χ3n) is 4.47. The summed E-state index contributed by atoms with van der Waals surface area (Å²) in [6.45, 7) is 6.20. The summed E-state index contributed by atoms with van der Waals surface area (Å²) in [6.07, 6.45) is 3.75. The van der Waals surface area contributed by atoms with E-state index in [1.165, 1.54) is 0 Å². The number of nitrogens with zero attached hydrogens (tertiary/aromatic N) is 4. The summed E-state index contributed by atoms with van der Waals surface area (Å²) >= 11 is 0. The molecule has 0 spiro atoms. The van der Waals surface area contributed by atoms with E-state index in [1.807, 2.05) is 31.3 Å².